The fraction of sp³-hybridized carbons (Fsp3) is 0.421. The van der Waals surface area contributed by atoms with Gasteiger partial charge >= 0.3 is 0 Å². The second-order valence-corrected chi connectivity index (χ2v) is 8.61. The Morgan fingerprint density at radius 2 is 2.11 bits per heavy atom. The number of hydrogen-bond donors (Lipinski definition) is 2. The van der Waals surface area contributed by atoms with E-state index >= 15 is 0 Å². The molecule has 1 atom stereocenters. The van der Waals surface area contributed by atoms with Crippen molar-refractivity contribution in [2.45, 2.75) is 23.7 Å². The van der Waals surface area contributed by atoms with Crippen LogP contribution in [0, 0.1) is 0 Å². The molecule has 8 nitrogen and oxygen atoms in total. The van der Waals surface area contributed by atoms with Crippen LogP contribution in [-0.2, 0) is 11.3 Å². The molecule has 1 saturated heterocycles. The van der Waals surface area contributed by atoms with E-state index in [2.05, 4.69) is 55.5 Å². The van der Waals surface area contributed by atoms with Crippen molar-refractivity contribution < 1.29 is 9.53 Å². The van der Waals surface area contributed by atoms with Crippen LogP contribution in [0.15, 0.2) is 29.3 Å². The van der Waals surface area contributed by atoms with E-state index in [1.54, 1.807) is 6.20 Å². The van der Waals surface area contributed by atoms with Crippen LogP contribution in [0.1, 0.15) is 12.5 Å². The molecule has 3 aliphatic heterocycles. The molecule has 1 aromatic carbocycles. The van der Waals surface area contributed by atoms with Gasteiger partial charge in [-0.1, -0.05) is 17.8 Å². The Bertz CT molecular complexity index is 915. The van der Waals surface area contributed by atoms with Crippen molar-refractivity contribution in [1.82, 2.24) is 14.9 Å². The fourth-order valence-electron chi connectivity index (χ4n) is 3.72. The number of carbonyl (C=O) groups excluding carboxylic acids is 1. The monoisotopic (exact) mass is 398 g/mol. The molecule has 0 aliphatic carbocycles. The first-order valence-corrected chi connectivity index (χ1v) is 10.4. The van der Waals surface area contributed by atoms with Crippen molar-refractivity contribution in [1.29, 1.82) is 0 Å². The summed E-state index contributed by atoms with van der Waals surface area (Å²) in [5, 5.41) is 6.68. The Hall–Kier alpha value is -2.52. The molecular formula is C19H22N6O2S. The van der Waals surface area contributed by atoms with Gasteiger partial charge in [-0.25, -0.2) is 4.98 Å². The van der Waals surface area contributed by atoms with E-state index in [9.17, 15) is 4.79 Å². The lowest BCUT2D eigenvalue weighted by Gasteiger charge is -2.35. The zero-order chi connectivity index (χ0) is 19.1. The average Bonchev–Trinajstić information content (AvgIpc) is 3.07. The van der Waals surface area contributed by atoms with Crippen LogP contribution in [0.25, 0.3) is 0 Å². The third-order valence-corrected chi connectivity index (χ3v) is 6.20. The van der Waals surface area contributed by atoms with E-state index in [0.29, 0.717) is 22.9 Å². The number of anilines is 3. The summed E-state index contributed by atoms with van der Waals surface area (Å²) < 4.78 is 5.40. The molecule has 0 bridgehead atoms. The Labute approximate surface area is 167 Å². The first kappa shape index (κ1) is 17.6. The molecule has 2 N–H and O–H groups in total. The largest absolute Gasteiger partial charge is 0.466 e. The molecule has 4 heterocycles. The number of ether oxygens (including phenoxy) is 1. The van der Waals surface area contributed by atoms with E-state index in [0.717, 1.165) is 32.7 Å². The lowest BCUT2D eigenvalue weighted by atomic mass is 10.1. The number of nitrogens with one attached hydrogen (secondary N) is 2. The maximum absolute atomic E-state index is 11.4. The predicted octanol–water partition coefficient (Wildman–Crippen LogP) is 1.99. The van der Waals surface area contributed by atoms with Crippen molar-refractivity contribution in [2.75, 3.05) is 48.3 Å². The highest BCUT2D eigenvalue weighted by atomic mass is 32.2. The van der Waals surface area contributed by atoms with Crippen molar-refractivity contribution in [3.05, 3.63) is 30.0 Å². The minimum absolute atomic E-state index is 0.00412. The molecule has 1 fully saturated rings. The van der Waals surface area contributed by atoms with Crippen molar-refractivity contribution in [2.24, 2.45) is 0 Å². The molecule has 0 saturated carbocycles. The molecule has 1 amide bonds. The van der Waals surface area contributed by atoms with Crippen LogP contribution in [-0.4, -0.2) is 58.9 Å². The summed E-state index contributed by atoms with van der Waals surface area (Å²) >= 11 is 1.87. The van der Waals surface area contributed by atoms with E-state index in [4.69, 9.17) is 4.74 Å². The summed E-state index contributed by atoms with van der Waals surface area (Å²) in [7, 11) is 0. The number of amides is 1. The molecular weight excluding hydrogens is 376 g/mol. The van der Waals surface area contributed by atoms with Gasteiger partial charge in [0, 0.05) is 43.3 Å². The number of thioether (sulfide) groups is 1. The van der Waals surface area contributed by atoms with Gasteiger partial charge in [0.05, 0.1) is 11.6 Å². The predicted molar refractivity (Wildman–Crippen MR) is 109 cm³/mol. The van der Waals surface area contributed by atoms with Gasteiger partial charge in [-0.05, 0) is 24.6 Å². The smallest absolute Gasteiger partial charge is 0.262 e. The van der Waals surface area contributed by atoms with Crippen LogP contribution >= 0.6 is 11.8 Å². The average molecular weight is 398 g/mol. The van der Waals surface area contributed by atoms with E-state index in [1.807, 2.05) is 11.8 Å². The number of benzene rings is 1. The maximum atomic E-state index is 11.4. The van der Waals surface area contributed by atoms with Gasteiger partial charge in [0.25, 0.3) is 5.91 Å². The molecule has 3 aliphatic rings. The summed E-state index contributed by atoms with van der Waals surface area (Å²) in [5.41, 5.74) is 3.13. The summed E-state index contributed by atoms with van der Waals surface area (Å²) in [5.74, 6) is 0.930. The minimum atomic E-state index is -0.174. The van der Waals surface area contributed by atoms with Gasteiger partial charge in [-0.2, -0.15) is 4.98 Å². The molecule has 28 heavy (non-hydrogen) atoms. The lowest BCUT2D eigenvalue weighted by Crippen LogP contribution is -2.46. The van der Waals surface area contributed by atoms with E-state index in [1.165, 1.54) is 16.1 Å². The molecule has 1 unspecified atom stereocenters. The number of piperazine rings is 1. The Morgan fingerprint density at radius 3 is 2.96 bits per heavy atom. The topological polar surface area (TPSA) is 82.6 Å². The van der Waals surface area contributed by atoms with Gasteiger partial charge in [0.15, 0.2) is 6.61 Å². The van der Waals surface area contributed by atoms with Crippen molar-refractivity contribution in [3.63, 3.8) is 0 Å². The molecule has 0 spiro atoms. The standard InChI is InChI=1S/C19H22N6O2S/c1-12-21-14-8-13(2-3-16(14)28-12)10-24-4-6-25(7-5-24)19-20-9-15-18(23-19)27-11-17(26)22-15/h2-3,8-9,12,21H,4-7,10-11H2,1H3,(H,22,26). The van der Waals surface area contributed by atoms with Crippen LogP contribution in [0.2, 0.25) is 0 Å². The van der Waals surface area contributed by atoms with Gasteiger partial charge < -0.3 is 20.3 Å². The van der Waals surface area contributed by atoms with E-state index < -0.39 is 0 Å². The van der Waals surface area contributed by atoms with E-state index in [-0.39, 0.29) is 12.5 Å². The zero-order valence-electron chi connectivity index (χ0n) is 15.6. The number of nitrogens with zero attached hydrogens (tertiary/aromatic N) is 4. The van der Waals surface area contributed by atoms with Gasteiger partial charge in [0.1, 0.15) is 5.69 Å². The molecule has 146 valence electrons. The van der Waals surface area contributed by atoms with Crippen LogP contribution in [0.4, 0.5) is 17.3 Å². The highest BCUT2D eigenvalue weighted by Crippen LogP contribution is 2.38. The molecule has 2 aromatic rings. The Kier molecular flexibility index (Phi) is 4.48. The fourth-order valence-corrected chi connectivity index (χ4v) is 4.68. The lowest BCUT2D eigenvalue weighted by molar-refractivity contribution is -0.118. The maximum Gasteiger partial charge on any atom is 0.262 e. The Morgan fingerprint density at radius 1 is 1.25 bits per heavy atom. The summed E-state index contributed by atoms with van der Waals surface area (Å²) in [6, 6.07) is 6.73. The molecule has 9 heteroatoms. The zero-order valence-corrected chi connectivity index (χ0v) is 16.5. The number of aromatic nitrogens is 2. The number of carbonyl (C=O) groups is 1. The third-order valence-electron chi connectivity index (χ3n) is 5.12. The SMILES string of the molecule is CC1Nc2cc(CN3CCN(c4ncc5c(n4)OCC(=O)N5)CC3)ccc2S1. The highest BCUT2D eigenvalue weighted by Gasteiger charge is 2.24. The van der Waals surface area contributed by atoms with Crippen LogP contribution in [0.5, 0.6) is 5.88 Å². The summed E-state index contributed by atoms with van der Waals surface area (Å²) in [6.07, 6.45) is 1.62. The quantitative estimate of drug-likeness (QED) is 0.812. The first-order valence-electron chi connectivity index (χ1n) is 9.47. The number of hydrogen-bond acceptors (Lipinski definition) is 8. The normalized spacial score (nSPS) is 21.4. The van der Waals surface area contributed by atoms with Crippen LogP contribution < -0.4 is 20.3 Å². The van der Waals surface area contributed by atoms with Crippen molar-refractivity contribution >= 4 is 35.0 Å². The second-order valence-electron chi connectivity index (χ2n) is 7.22. The van der Waals surface area contributed by atoms with Crippen molar-refractivity contribution in [3.8, 4) is 5.88 Å². The summed E-state index contributed by atoms with van der Waals surface area (Å²) in [6.45, 7) is 6.77. The molecule has 0 radical (unpaired) electrons. The summed E-state index contributed by atoms with van der Waals surface area (Å²) in [4.78, 5) is 26.2. The van der Waals surface area contributed by atoms with Gasteiger partial charge in [-0.3, -0.25) is 9.69 Å². The third kappa shape index (κ3) is 3.47. The molecule has 5 rings (SSSR count). The Balaban J connectivity index is 1.20. The second kappa shape index (κ2) is 7.14. The first-order chi connectivity index (χ1) is 13.6. The number of rotatable bonds is 3. The van der Waals surface area contributed by atoms with Crippen LogP contribution in [0.3, 0.4) is 0 Å². The molecule has 1 aromatic heterocycles. The van der Waals surface area contributed by atoms with Gasteiger partial charge in [-0.15, -0.1) is 0 Å². The minimum Gasteiger partial charge on any atom is -0.466 e. The van der Waals surface area contributed by atoms with Gasteiger partial charge in [0.2, 0.25) is 11.8 Å². The number of fused-ring (bicyclic) bond motifs is 2. The highest BCUT2D eigenvalue weighted by molar-refractivity contribution is 8.00.